The van der Waals surface area contributed by atoms with E-state index in [9.17, 15) is 13.2 Å². The predicted octanol–water partition coefficient (Wildman–Crippen LogP) is 3.54. The average Bonchev–Trinajstić information content (AvgIpc) is 2.55. The van der Waals surface area contributed by atoms with E-state index in [-0.39, 0.29) is 5.75 Å². The second-order valence-electron chi connectivity index (χ2n) is 5.66. The fraction of sp³-hybridized carbons (Fsp3) is 0.278. The average molecular weight is 382 g/mol. The zero-order valence-corrected chi connectivity index (χ0v) is 15.7. The highest BCUT2D eigenvalue weighted by Crippen LogP contribution is 2.13. The number of aromatic nitrogens is 1. The van der Waals surface area contributed by atoms with Gasteiger partial charge in [0.2, 0.25) is 0 Å². The number of halogens is 1. The molecule has 0 saturated heterocycles. The van der Waals surface area contributed by atoms with Crippen LogP contribution in [0.4, 0.5) is 0 Å². The number of aryl methyl sites for hydroxylation is 1. The van der Waals surface area contributed by atoms with E-state index >= 15 is 0 Å². The van der Waals surface area contributed by atoms with Gasteiger partial charge in [-0.3, -0.25) is 9.08 Å². The Morgan fingerprint density at radius 2 is 1.84 bits per heavy atom. The zero-order valence-electron chi connectivity index (χ0n) is 14.1. The van der Waals surface area contributed by atoms with E-state index in [4.69, 9.17) is 15.9 Å². The van der Waals surface area contributed by atoms with Crippen molar-refractivity contribution in [3.63, 3.8) is 0 Å². The lowest BCUT2D eigenvalue weighted by molar-refractivity contribution is 0.264. The fourth-order valence-electron chi connectivity index (χ4n) is 2.14. The SMILES string of the molecule is CCCCS(=O)(=O)On1c(C=Cc2ccc(Cl)cc2)cc(C)cc1=O. The summed E-state index contributed by atoms with van der Waals surface area (Å²) in [5.41, 5.74) is 1.39. The minimum absolute atomic E-state index is 0.135. The maximum absolute atomic E-state index is 12.2. The van der Waals surface area contributed by atoms with Gasteiger partial charge in [-0.2, -0.15) is 8.42 Å². The minimum atomic E-state index is -3.83. The maximum atomic E-state index is 12.2. The number of hydrogen-bond acceptors (Lipinski definition) is 4. The summed E-state index contributed by atoms with van der Waals surface area (Å²) < 4.78 is 29.9. The van der Waals surface area contributed by atoms with Gasteiger partial charge in [-0.1, -0.05) is 43.2 Å². The molecule has 0 saturated carbocycles. The number of benzene rings is 1. The van der Waals surface area contributed by atoms with Crippen LogP contribution in [0.3, 0.4) is 0 Å². The summed E-state index contributed by atoms with van der Waals surface area (Å²) in [5.74, 6) is -0.135. The molecule has 2 rings (SSSR count). The summed E-state index contributed by atoms with van der Waals surface area (Å²) in [6.45, 7) is 3.64. The smallest absolute Gasteiger partial charge is 0.284 e. The molecule has 25 heavy (non-hydrogen) atoms. The monoisotopic (exact) mass is 381 g/mol. The summed E-state index contributed by atoms with van der Waals surface area (Å²) in [6, 6.07) is 10.1. The quantitative estimate of drug-likeness (QED) is 0.735. The van der Waals surface area contributed by atoms with Gasteiger partial charge in [-0.25, -0.2) is 0 Å². The third kappa shape index (κ3) is 5.76. The molecule has 0 amide bonds. The van der Waals surface area contributed by atoms with Crippen molar-refractivity contribution in [2.24, 2.45) is 0 Å². The molecular formula is C18H20ClNO4S. The van der Waals surface area contributed by atoms with Gasteiger partial charge in [0.25, 0.3) is 5.56 Å². The van der Waals surface area contributed by atoms with Crippen LogP contribution in [0.15, 0.2) is 41.2 Å². The Balaban J connectivity index is 2.37. The number of pyridine rings is 1. The van der Waals surface area contributed by atoms with Gasteiger partial charge < -0.3 is 0 Å². The second-order valence-corrected chi connectivity index (χ2v) is 7.77. The second kappa shape index (κ2) is 8.36. The van der Waals surface area contributed by atoms with Gasteiger partial charge in [0, 0.05) is 11.1 Å². The molecule has 134 valence electrons. The van der Waals surface area contributed by atoms with Crippen molar-refractivity contribution in [1.82, 2.24) is 4.73 Å². The number of hydrogen-bond donors (Lipinski definition) is 0. The van der Waals surface area contributed by atoms with Crippen molar-refractivity contribution in [2.75, 3.05) is 5.75 Å². The van der Waals surface area contributed by atoms with Crippen molar-refractivity contribution in [2.45, 2.75) is 26.7 Å². The summed E-state index contributed by atoms with van der Waals surface area (Å²) in [6.07, 6.45) is 4.57. The molecule has 0 aliphatic rings. The molecule has 1 heterocycles. The fourth-order valence-corrected chi connectivity index (χ4v) is 3.37. The molecular weight excluding hydrogens is 362 g/mol. The Labute approximate surface area is 152 Å². The Hall–Kier alpha value is -2.05. The summed E-state index contributed by atoms with van der Waals surface area (Å²) >= 11 is 5.85. The normalized spacial score (nSPS) is 11.8. The van der Waals surface area contributed by atoms with Crippen molar-refractivity contribution < 1.29 is 12.7 Å². The van der Waals surface area contributed by atoms with Crippen LogP contribution in [-0.2, 0) is 10.1 Å². The topological polar surface area (TPSA) is 65.4 Å². The summed E-state index contributed by atoms with van der Waals surface area (Å²) in [4.78, 5) is 12.2. The largest absolute Gasteiger partial charge is 0.327 e. The molecule has 2 aromatic rings. The molecule has 0 aliphatic carbocycles. The molecule has 0 bridgehead atoms. The Kier molecular flexibility index (Phi) is 6.45. The highest BCUT2D eigenvalue weighted by molar-refractivity contribution is 7.86. The third-order valence-corrected chi connectivity index (χ3v) is 4.83. The molecule has 1 aromatic heterocycles. The van der Waals surface area contributed by atoms with Crippen molar-refractivity contribution in [3.8, 4) is 0 Å². The van der Waals surface area contributed by atoms with E-state index in [1.54, 1.807) is 37.3 Å². The lowest BCUT2D eigenvalue weighted by Gasteiger charge is -2.11. The summed E-state index contributed by atoms with van der Waals surface area (Å²) in [7, 11) is -3.83. The van der Waals surface area contributed by atoms with Crippen LogP contribution in [0.2, 0.25) is 5.02 Å². The van der Waals surface area contributed by atoms with Crippen LogP contribution in [-0.4, -0.2) is 18.9 Å². The van der Waals surface area contributed by atoms with Gasteiger partial charge in [0.15, 0.2) is 0 Å². The Bertz CT molecular complexity index is 915. The van der Waals surface area contributed by atoms with Crippen molar-refractivity contribution in [1.29, 1.82) is 0 Å². The molecule has 1 aromatic carbocycles. The van der Waals surface area contributed by atoms with E-state index < -0.39 is 15.7 Å². The minimum Gasteiger partial charge on any atom is -0.284 e. The van der Waals surface area contributed by atoms with E-state index in [1.807, 2.05) is 19.1 Å². The molecule has 0 atom stereocenters. The van der Waals surface area contributed by atoms with Crippen LogP contribution < -0.4 is 9.84 Å². The van der Waals surface area contributed by atoms with Gasteiger partial charge in [0.1, 0.15) is 0 Å². The first-order valence-electron chi connectivity index (χ1n) is 7.91. The molecule has 0 aliphatic heterocycles. The van der Waals surface area contributed by atoms with Gasteiger partial charge in [-0.15, -0.1) is 4.73 Å². The Morgan fingerprint density at radius 3 is 2.48 bits per heavy atom. The Morgan fingerprint density at radius 1 is 1.16 bits per heavy atom. The number of rotatable bonds is 7. The van der Waals surface area contributed by atoms with E-state index in [2.05, 4.69) is 0 Å². The van der Waals surface area contributed by atoms with Crippen LogP contribution in [0.25, 0.3) is 12.2 Å². The van der Waals surface area contributed by atoms with Crippen LogP contribution >= 0.6 is 11.6 Å². The standard InChI is InChI=1S/C18H20ClNO4S/c1-3-4-11-25(22,23)24-20-17(12-14(2)13-18(20)21)10-7-15-5-8-16(19)9-6-15/h5-10,12-13H,3-4,11H2,1-2H3. The molecule has 0 fully saturated rings. The third-order valence-electron chi connectivity index (χ3n) is 3.41. The highest BCUT2D eigenvalue weighted by Gasteiger charge is 2.15. The zero-order chi connectivity index (χ0) is 18.4. The summed E-state index contributed by atoms with van der Waals surface area (Å²) in [5, 5.41) is 0.620. The van der Waals surface area contributed by atoms with Crippen molar-refractivity contribution in [3.05, 3.63) is 68.6 Å². The van der Waals surface area contributed by atoms with Crippen molar-refractivity contribution >= 4 is 33.9 Å². The predicted molar refractivity (Wildman–Crippen MR) is 101 cm³/mol. The molecule has 7 heteroatoms. The van der Waals surface area contributed by atoms with Crippen LogP contribution in [0, 0.1) is 6.92 Å². The maximum Gasteiger partial charge on any atom is 0.327 e. The lowest BCUT2D eigenvalue weighted by atomic mass is 10.2. The highest BCUT2D eigenvalue weighted by atomic mass is 35.5. The van der Waals surface area contributed by atoms with E-state index in [1.165, 1.54) is 6.07 Å². The molecule has 0 N–H and O–H groups in total. The van der Waals surface area contributed by atoms with Gasteiger partial charge >= 0.3 is 10.1 Å². The van der Waals surface area contributed by atoms with Gasteiger partial charge in [0.05, 0.1) is 11.4 Å². The first kappa shape index (κ1) is 19.3. The van der Waals surface area contributed by atoms with Crippen LogP contribution in [0.1, 0.15) is 36.6 Å². The lowest BCUT2D eigenvalue weighted by Crippen LogP contribution is -2.33. The molecule has 0 spiro atoms. The van der Waals surface area contributed by atoms with Gasteiger partial charge in [-0.05, 0) is 48.7 Å². The first-order chi connectivity index (χ1) is 11.8. The first-order valence-corrected chi connectivity index (χ1v) is 9.86. The number of nitrogens with zero attached hydrogens (tertiary/aromatic N) is 1. The number of unbranched alkanes of at least 4 members (excludes halogenated alkanes) is 1. The van der Waals surface area contributed by atoms with E-state index in [0.29, 0.717) is 29.1 Å². The van der Waals surface area contributed by atoms with Crippen LogP contribution in [0.5, 0.6) is 0 Å². The molecule has 0 unspecified atom stereocenters. The molecule has 5 nitrogen and oxygen atoms in total. The van der Waals surface area contributed by atoms with E-state index in [0.717, 1.165) is 10.3 Å². The molecule has 0 radical (unpaired) electrons.